The predicted molar refractivity (Wildman–Crippen MR) is 40.7 cm³/mol. The van der Waals surface area contributed by atoms with Crippen molar-refractivity contribution in [3.63, 3.8) is 0 Å². The lowest BCUT2D eigenvalue weighted by Crippen LogP contribution is -2.00. The van der Waals surface area contributed by atoms with E-state index in [1.54, 1.807) is 0 Å². The quantitative estimate of drug-likeness (QED) is 0.495. The highest BCUT2D eigenvalue weighted by atomic mass is 19.4. The summed E-state index contributed by atoms with van der Waals surface area (Å²) in [4.78, 5) is 0. The Morgan fingerprint density at radius 3 is 2.17 bits per heavy atom. The van der Waals surface area contributed by atoms with Crippen LogP contribution in [0.1, 0.15) is 32.1 Å². The minimum atomic E-state index is -4.20. The maximum Gasteiger partial charge on any atom is 0.416 e. The molecular weight excluding hydrogens is 165 g/mol. The molecule has 68 valence electrons. The standard InChI is InChI=1S/C9H11F3/c10-9(11,12)7-6-8-4-2-1-3-5-8/h7H,1-5H2. The summed E-state index contributed by atoms with van der Waals surface area (Å²) >= 11 is 0. The fourth-order valence-electron chi connectivity index (χ4n) is 1.31. The van der Waals surface area contributed by atoms with Gasteiger partial charge in [0.15, 0.2) is 0 Å². The summed E-state index contributed by atoms with van der Waals surface area (Å²) < 4.78 is 35.0. The molecule has 1 saturated carbocycles. The highest BCUT2D eigenvalue weighted by Crippen LogP contribution is 2.23. The summed E-state index contributed by atoms with van der Waals surface area (Å²) in [6.45, 7) is 0. The van der Waals surface area contributed by atoms with Gasteiger partial charge in [0.1, 0.15) is 0 Å². The summed E-state index contributed by atoms with van der Waals surface area (Å²) in [5, 5.41) is 0. The SMILES string of the molecule is FC(F)(F)C=C=C1CCCCC1. The van der Waals surface area contributed by atoms with E-state index < -0.39 is 6.18 Å². The lowest BCUT2D eigenvalue weighted by molar-refractivity contribution is -0.0797. The fraction of sp³-hybridized carbons (Fsp3) is 0.667. The first-order chi connectivity index (χ1) is 5.58. The minimum Gasteiger partial charge on any atom is -0.166 e. The predicted octanol–water partition coefficient (Wildman–Crippen LogP) is 3.59. The van der Waals surface area contributed by atoms with Gasteiger partial charge in [0, 0.05) is 0 Å². The van der Waals surface area contributed by atoms with Crippen LogP contribution < -0.4 is 0 Å². The first-order valence-electron chi connectivity index (χ1n) is 4.10. The molecule has 0 saturated heterocycles. The van der Waals surface area contributed by atoms with E-state index in [1.165, 1.54) is 0 Å². The van der Waals surface area contributed by atoms with Crippen molar-refractivity contribution in [1.82, 2.24) is 0 Å². The fourth-order valence-corrected chi connectivity index (χ4v) is 1.31. The molecule has 1 aliphatic carbocycles. The molecule has 0 aromatic heterocycles. The molecule has 0 nitrogen and oxygen atoms in total. The van der Waals surface area contributed by atoms with Crippen LogP contribution in [0.25, 0.3) is 0 Å². The molecule has 0 bridgehead atoms. The van der Waals surface area contributed by atoms with Gasteiger partial charge in [0.25, 0.3) is 0 Å². The smallest absolute Gasteiger partial charge is 0.166 e. The van der Waals surface area contributed by atoms with Crippen molar-refractivity contribution in [1.29, 1.82) is 0 Å². The van der Waals surface area contributed by atoms with Crippen molar-refractivity contribution in [2.45, 2.75) is 38.3 Å². The second-order valence-corrected chi connectivity index (χ2v) is 2.99. The monoisotopic (exact) mass is 176 g/mol. The molecule has 0 aromatic carbocycles. The second-order valence-electron chi connectivity index (χ2n) is 2.99. The van der Waals surface area contributed by atoms with Gasteiger partial charge in [0.2, 0.25) is 0 Å². The molecule has 3 heteroatoms. The number of halogens is 3. The van der Waals surface area contributed by atoms with E-state index in [0.29, 0.717) is 0 Å². The Balaban J connectivity index is 2.60. The van der Waals surface area contributed by atoms with Crippen molar-refractivity contribution < 1.29 is 13.2 Å². The summed E-state index contributed by atoms with van der Waals surface area (Å²) in [6, 6.07) is 0. The molecule has 1 aliphatic rings. The molecular formula is C9H11F3. The topological polar surface area (TPSA) is 0 Å². The molecule has 0 radical (unpaired) electrons. The van der Waals surface area contributed by atoms with Crippen LogP contribution in [-0.2, 0) is 0 Å². The molecule has 1 fully saturated rings. The van der Waals surface area contributed by atoms with Gasteiger partial charge < -0.3 is 0 Å². The van der Waals surface area contributed by atoms with Crippen LogP contribution in [0.5, 0.6) is 0 Å². The largest absolute Gasteiger partial charge is 0.416 e. The summed E-state index contributed by atoms with van der Waals surface area (Å²) in [5.41, 5.74) is 3.15. The molecule has 0 N–H and O–H groups in total. The Morgan fingerprint density at radius 1 is 1.08 bits per heavy atom. The zero-order valence-corrected chi connectivity index (χ0v) is 6.75. The summed E-state index contributed by atoms with van der Waals surface area (Å²) in [5.74, 6) is 0. The normalized spacial score (nSPS) is 18.8. The van der Waals surface area contributed by atoms with Gasteiger partial charge >= 0.3 is 6.18 Å². The van der Waals surface area contributed by atoms with Crippen LogP contribution in [0.3, 0.4) is 0 Å². The van der Waals surface area contributed by atoms with Gasteiger partial charge in [0.05, 0.1) is 6.08 Å². The number of hydrogen-bond acceptors (Lipinski definition) is 0. The highest BCUT2D eigenvalue weighted by Gasteiger charge is 2.22. The Labute approximate surface area is 69.8 Å². The third-order valence-corrected chi connectivity index (χ3v) is 1.90. The Bertz CT molecular complexity index is 198. The molecule has 12 heavy (non-hydrogen) atoms. The lowest BCUT2D eigenvalue weighted by atomic mass is 9.96. The molecule has 0 unspecified atom stereocenters. The zero-order chi connectivity index (χ0) is 9.03. The van der Waals surface area contributed by atoms with Crippen molar-refractivity contribution >= 4 is 0 Å². The van der Waals surface area contributed by atoms with E-state index in [9.17, 15) is 13.2 Å². The molecule has 0 amide bonds. The average molecular weight is 176 g/mol. The van der Waals surface area contributed by atoms with Crippen LogP contribution in [0.15, 0.2) is 17.4 Å². The minimum absolute atomic E-state index is 0.216. The lowest BCUT2D eigenvalue weighted by Gasteiger charge is -2.10. The molecule has 0 heterocycles. The van der Waals surface area contributed by atoms with E-state index in [0.717, 1.165) is 37.7 Å². The van der Waals surface area contributed by atoms with Crippen LogP contribution in [-0.4, -0.2) is 6.18 Å². The number of hydrogen-bond donors (Lipinski definition) is 0. The van der Waals surface area contributed by atoms with E-state index in [1.807, 2.05) is 0 Å². The third-order valence-electron chi connectivity index (χ3n) is 1.90. The van der Waals surface area contributed by atoms with Crippen LogP contribution >= 0.6 is 0 Å². The molecule has 0 spiro atoms. The number of allylic oxidation sites excluding steroid dienone is 1. The first kappa shape index (κ1) is 9.40. The highest BCUT2D eigenvalue weighted by molar-refractivity contribution is 5.05. The van der Waals surface area contributed by atoms with Crippen molar-refractivity contribution in [2.75, 3.05) is 0 Å². The zero-order valence-electron chi connectivity index (χ0n) is 6.75. The van der Waals surface area contributed by atoms with E-state index in [-0.39, 0.29) is 6.08 Å². The number of alkyl halides is 3. The molecule has 0 aliphatic heterocycles. The maximum atomic E-state index is 11.7. The third kappa shape index (κ3) is 3.63. The Morgan fingerprint density at radius 2 is 1.67 bits per heavy atom. The van der Waals surface area contributed by atoms with Gasteiger partial charge in [-0.2, -0.15) is 13.2 Å². The second kappa shape index (κ2) is 3.81. The summed E-state index contributed by atoms with van der Waals surface area (Å²) in [7, 11) is 0. The Kier molecular flexibility index (Phi) is 2.99. The molecule has 0 aromatic rings. The van der Waals surface area contributed by atoms with Gasteiger partial charge in [-0.25, -0.2) is 0 Å². The van der Waals surface area contributed by atoms with Crippen molar-refractivity contribution in [2.24, 2.45) is 0 Å². The summed E-state index contributed by atoms with van der Waals surface area (Å²) in [6.07, 6.45) is 0.733. The van der Waals surface area contributed by atoms with Gasteiger partial charge in [-0.05, 0) is 31.3 Å². The van der Waals surface area contributed by atoms with Crippen molar-refractivity contribution in [3.8, 4) is 0 Å². The van der Waals surface area contributed by atoms with Gasteiger partial charge in [-0.15, -0.1) is 5.73 Å². The number of rotatable bonds is 0. The molecule has 0 atom stereocenters. The van der Waals surface area contributed by atoms with Gasteiger partial charge in [-0.1, -0.05) is 6.42 Å². The first-order valence-corrected chi connectivity index (χ1v) is 4.10. The average Bonchev–Trinajstić information content (AvgIpc) is 2.02. The maximum absolute atomic E-state index is 11.7. The van der Waals surface area contributed by atoms with Crippen LogP contribution in [0.2, 0.25) is 0 Å². The van der Waals surface area contributed by atoms with E-state index in [2.05, 4.69) is 5.73 Å². The van der Waals surface area contributed by atoms with Crippen LogP contribution in [0.4, 0.5) is 13.2 Å². The molecule has 1 rings (SSSR count). The van der Waals surface area contributed by atoms with Crippen LogP contribution in [0, 0.1) is 0 Å². The Hall–Kier alpha value is -0.690. The van der Waals surface area contributed by atoms with E-state index in [4.69, 9.17) is 0 Å². The van der Waals surface area contributed by atoms with E-state index >= 15 is 0 Å². The van der Waals surface area contributed by atoms with Gasteiger partial charge in [-0.3, -0.25) is 0 Å². The van der Waals surface area contributed by atoms with Crippen molar-refractivity contribution in [3.05, 3.63) is 17.4 Å².